The Kier molecular flexibility index (Phi) is 5.55. The van der Waals surface area contributed by atoms with Gasteiger partial charge in [-0.3, -0.25) is 9.59 Å². The van der Waals surface area contributed by atoms with Crippen molar-refractivity contribution in [2.75, 3.05) is 0 Å². The van der Waals surface area contributed by atoms with Crippen molar-refractivity contribution in [3.8, 4) is 0 Å². The Hall–Kier alpha value is -1.88. The maximum absolute atomic E-state index is 12.2. The third-order valence-corrected chi connectivity index (χ3v) is 3.95. The second kappa shape index (κ2) is 7.40. The van der Waals surface area contributed by atoms with Gasteiger partial charge in [0.15, 0.2) is 0 Å². The van der Waals surface area contributed by atoms with Gasteiger partial charge in [0.1, 0.15) is 0 Å². The van der Waals surface area contributed by atoms with Gasteiger partial charge in [0, 0.05) is 11.6 Å². The summed E-state index contributed by atoms with van der Waals surface area (Å²) in [7, 11) is 0. The van der Waals surface area contributed by atoms with E-state index in [4.69, 9.17) is 9.84 Å². The Morgan fingerprint density at radius 2 is 1.95 bits per heavy atom. The second-order valence-corrected chi connectivity index (χ2v) is 6.01. The highest BCUT2D eigenvalue weighted by Gasteiger charge is 2.33. The number of carboxylic acid groups (broad SMARTS) is 1. The molecule has 0 unspecified atom stereocenters. The van der Waals surface area contributed by atoms with Gasteiger partial charge >= 0.3 is 5.97 Å². The normalized spacial score (nSPS) is 21.0. The molecular weight excluding hydrogens is 282 g/mol. The number of hydrogen-bond acceptors (Lipinski definition) is 3. The van der Waals surface area contributed by atoms with Gasteiger partial charge < -0.3 is 15.2 Å². The van der Waals surface area contributed by atoms with Crippen molar-refractivity contribution in [3.63, 3.8) is 0 Å². The maximum Gasteiger partial charge on any atom is 0.308 e. The Labute approximate surface area is 130 Å². The van der Waals surface area contributed by atoms with E-state index < -0.39 is 11.9 Å². The van der Waals surface area contributed by atoms with Crippen LogP contribution in [0.25, 0.3) is 0 Å². The lowest BCUT2D eigenvalue weighted by Crippen LogP contribution is -2.40. The van der Waals surface area contributed by atoms with E-state index in [0.29, 0.717) is 18.6 Å². The van der Waals surface area contributed by atoms with Crippen LogP contribution >= 0.6 is 0 Å². The molecule has 1 aromatic carbocycles. The first kappa shape index (κ1) is 16.5. The van der Waals surface area contributed by atoms with Crippen LogP contribution in [0.15, 0.2) is 24.3 Å². The molecular formula is C17H23NO4. The average molecular weight is 305 g/mol. The number of rotatable bonds is 6. The van der Waals surface area contributed by atoms with Crippen LogP contribution in [0.1, 0.15) is 49.0 Å². The van der Waals surface area contributed by atoms with Gasteiger partial charge in [-0.15, -0.1) is 0 Å². The number of ether oxygens (including phenoxy) is 1. The first-order valence-corrected chi connectivity index (χ1v) is 7.71. The van der Waals surface area contributed by atoms with Gasteiger partial charge in [-0.05, 0) is 44.4 Å². The molecule has 0 aromatic heterocycles. The predicted octanol–water partition coefficient (Wildman–Crippen LogP) is 2.59. The Balaban J connectivity index is 1.93. The number of nitrogens with one attached hydrogen (secondary N) is 1. The molecule has 5 nitrogen and oxygen atoms in total. The van der Waals surface area contributed by atoms with E-state index in [0.717, 1.165) is 18.4 Å². The number of carbonyl (C=O) groups excluding carboxylic acids is 1. The fourth-order valence-corrected chi connectivity index (χ4v) is 2.70. The van der Waals surface area contributed by atoms with Crippen LogP contribution in [0.2, 0.25) is 0 Å². The summed E-state index contributed by atoms with van der Waals surface area (Å²) < 4.78 is 5.51. The van der Waals surface area contributed by atoms with Crippen molar-refractivity contribution in [1.82, 2.24) is 5.32 Å². The number of aliphatic carboxylic acids is 1. The van der Waals surface area contributed by atoms with E-state index in [1.165, 1.54) is 0 Å². The number of carboxylic acids is 1. The molecule has 0 spiro atoms. The van der Waals surface area contributed by atoms with Gasteiger partial charge in [-0.25, -0.2) is 0 Å². The van der Waals surface area contributed by atoms with E-state index in [9.17, 15) is 9.59 Å². The van der Waals surface area contributed by atoms with Gasteiger partial charge in [-0.1, -0.05) is 18.6 Å². The maximum atomic E-state index is 12.2. The predicted molar refractivity (Wildman–Crippen MR) is 82.6 cm³/mol. The summed E-state index contributed by atoms with van der Waals surface area (Å²) >= 11 is 0. The molecule has 0 aliphatic heterocycles. The van der Waals surface area contributed by atoms with Crippen molar-refractivity contribution >= 4 is 11.9 Å². The lowest BCUT2D eigenvalue weighted by atomic mass is 10.0. The fraction of sp³-hybridized carbons (Fsp3) is 0.529. The van der Waals surface area contributed by atoms with E-state index in [1.807, 2.05) is 26.0 Å². The van der Waals surface area contributed by atoms with Crippen molar-refractivity contribution in [2.24, 2.45) is 5.92 Å². The molecule has 120 valence electrons. The third-order valence-electron chi connectivity index (χ3n) is 3.95. The molecule has 5 heteroatoms. The zero-order valence-electron chi connectivity index (χ0n) is 13.0. The summed E-state index contributed by atoms with van der Waals surface area (Å²) in [4.78, 5) is 23.3. The Bertz CT molecular complexity index is 524. The van der Waals surface area contributed by atoms with Crippen LogP contribution in [0.3, 0.4) is 0 Å². The number of carbonyl (C=O) groups is 2. The molecule has 22 heavy (non-hydrogen) atoms. The minimum Gasteiger partial charge on any atom is -0.481 e. The van der Waals surface area contributed by atoms with Crippen molar-refractivity contribution < 1.29 is 19.4 Å². The first-order chi connectivity index (χ1) is 10.5. The molecule has 2 N–H and O–H groups in total. The summed E-state index contributed by atoms with van der Waals surface area (Å²) in [6.07, 6.45) is 2.36. The number of amides is 1. The van der Waals surface area contributed by atoms with Gasteiger partial charge in [0.2, 0.25) is 0 Å². The third kappa shape index (κ3) is 4.31. The average Bonchev–Trinajstić information content (AvgIpc) is 2.94. The van der Waals surface area contributed by atoms with E-state index >= 15 is 0 Å². The monoisotopic (exact) mass is 305 g/mol. The Morgan fingerprint density at radius 3 is 2.55 bits per heavy atom. The van der Waals surface area contributed by atoms with Crippen LogP contribution < -0.4 is 5.32 Å². The summed E-state index contributed by atoms with van der Waals surface area (Å²) in [6, 6.07) is 6.95. The smallest absolute Gasteiger partial charge is 0.308 e. The minimum atomic E-state index is -0.830. The standard InChI is InChI=1S/C17H23NO4/c1-11(2)22-10-12-6-8-13(9-7-12)16(19)18-15-5-3-4-14(15)17(20)21/h6-9,11,14-15H,3-5,10H2,1-2H3,(H,18,19)(H,20,21)/t14-,15+/m0/s1. The fourth-order valence-electron chi connectivity index (χ4n) is 2.70. The highest BCUT2D eigenvalue weighted by Crippen LogP contribution is 2.26. The van der Waals surface area contributed by atoms with Crippen LogP contribution in [0.5, 0.6) is 0 Å². The zero-order chi connectivity index (χ0) is 16.1. The summed E-state index contributed by atoms with van der Waals surface area (Å²) in [5, 5.41) is 12.0. The van der Waals surface area contributed by atoms with Crippen molar-refractivity contribution in [2.45, 2.75) is 51.9 Å². The molecule has 1 aromatic rings. The van der Waals surface area contributed by atoms with Gasteiger partial charge in [0.05, 0.1) is 18.6 Å². The summed E-state index contributed by atoms with van der Waals surface area (Å²) in [5.74, 6) is -1.51. The SMILES string of the molecule is CC(C)OCc1ccc(C(=O)N[C@@H]2CCC[C@@H]2C(=O)O)cc1. The van der Waals surface area contributed by atoms with Gasteiger partial charge in [0.25, 0.3) is 5.91 Å². The zero-order valence-corrected chi connectivity index (χ0v) is 13.0. The molecule has 1 amide bonds. The number of hydrogen-bond donors (Lipinski definition) is 2. The van der Waals surface area contributed by atoms with Crippen molar-refractivity contribution in [3.05, 3.63) is 35.4 Å². The highest BCUT2D eigenvalue weighted by atomic mass is 16.5. The second-order valence-electron chi connectivity index (χ2n) is 6.01. The van der Waals surface area contributed by atoms with Crippen LogP contribution in [-0.2, 0) is 16.1 Å². The molecule has 1 fully saturated rings. The molecule has 0 saturated heterocycles. The largest absolute Gasteiger partial charge is 0.481 e. The molecule has 0 radical (unpaired) electrons. The van der Waals surface area contributed by atoms with E-state index in [1.54, 1.807) is 12.1 Å². The quantitative estimate of drug-likeness (QED) is 0.847. The molecule has 0 heterocycles. The molecule has 2 atom stereocenters. The van der Waals surface area contributed by atoms with Gasteiger partial charge in [-0.2, -0.15) is 0 Å². The molecule has 1 aliphatic rings. The lowest BCUT2D eigenvalue weighted by molar-refractivity contribution is -0.142. The molecule has 0 bridgehead atoms. The van der Waals surface area contributed by atoms with Crippen LogP contribution in [0.4, 0.5) is 0 Å². The molecule has 1 aliphatic carbocycles. The topological polar surface area (TPSA) is 75.6 Å². The summed E-state index contributed by atoms with van der Waals surface area (Å²) in [6.45, 7) is 4.47. The van der Waals surface area contributed by atoms with Crippen LogP contribution in [-0.4, -0.2) is 29.1 Å². The molecule has 2 rings (SSSR count). The van der Waals surface area contributed by atoms with Crippen LogP contribution in [0, 0.1) is 5.92 Å². The van der Waals surface area contributed by atoms with E-state index in [2.05, 4.69) is 5.32 Å². The summed E-state index contributed by atoms with van der Waals surface area (Å²) in [5.41, 5.74) is 1.55. The van der Waals surface area contributed by atoms with Crippen molar-refractivity contribution in [1.29, 1.82) is 0 Å². The number of benzene rings is 1. The molecule has 1 saturated carbocycles. The lowest BCUT2D eigenvalue weighted by Gasteiger charge is -2.17. The first-order valence-electron chi connectivity index (χ1n) is 7.71. The van der Waals surface area contributed by atoms with E-state index in [-0.39, 0.29) is 18.1 Å². The highest BCUT2D eigenvalue weighted by molar-refractivity contribution is 5.94. The Morgan fingerprint density at radius 1 is 1.27 bits per heavy atom. The minimum absolute atomic E-state index is 0.165.